The van der Waals surface area contributed by atoms with Gasteiger partial charge in [-0.15, -0.1) is 0 Å². The molecule has 26 heavy (non-hydrogen) atoms. The number of rotatable bonds is 6. The summed E-state index contributed by atoms with van der Waals surface area (Å²) in [5.41, 5.74) is 0.0655. The molecular weight excluding hydrogens is 383 g/mol. The number of carbonyl (C=O) groups is 1. The molecule has 1 aromatic rings. The summed E-state index contributed by atoms with van der Waals surface area (Å²) < 4.78 is 40.2. The third-order valence-electron chi connectivity index (χ3n) is 3.94. The summed E-state index contributed by atoms with van der Waals surface area (Å²) >= 11 is 6.21. The van der Waals surface area contributed by atoms with Gasteiger partial charge in [0, 0.05) is 23.5 Å². The average Bonchev–Trinajstić information content (AvgIpc) is 3.01. The summed E-state index contributed by atoms with van der Waals surface area (Å²) in [5, 5.41) is 10.5. The molecule has 2 atom stereocenters. The van der Waals surface area contributed by atoms with E-state index >= 15 is 0 Å². The zero-order valence-corrected chi connectivity index (χ0v) is 15.3. The van der Waals surface area contributed by atoms with Gasteiger partial charge in [0.1, 0.15) is 12.0 Å². The second-order valence-corrected chi connectivity index (χ2v) is 8.09. The fourth-order valence-corrected chi connectivity index (χ4v) is 4.22. The summed E-state index contributed by atoms with van der Waals surface area (Å²) in [4.78, 5) is 12.9. The first-order valence-corrected chi connectivity index (χ1v) is 9.92. The number of halogens is 2. The quantitative estimate of drug-likeness (QED) is 0.718. The van der Waals surface area contributed by atoms with Crippen molar-refractivity contribution in [2.45, 2.75) is 19.5 Å². The molecule has 138 valence electrons. The van der Waals surface area contributed by atoms with Gasteiger partial charge in [-0.25, -0.2) is 12.8 Å². The Bertz CT molecular complexity index is 943. The number of anilines is 1. The molecule has 1 aromatic carbocycles. The molecule has 3 rings (SSSR count). The molecule has 2 aliphatic rings. The van der Waals surface area contributed by atoms with Crippen LogP contribution < -0.4 is 10.0 Å². The van der Waals surface area contributed by atoms with Crippen molar-refractivity contribution in [1.82, 2.24) is 5.32 Å². The van der Waals surface area contributed by atoms with Crippen molar-refractivity contribution >= 4 is 33.1 Å². The zero-order valence-electron chi connectivity index (χ0n) is 13.7. The number of nitrogens with one attached hydrogen (secondary N) is 2. The minimum absolute atomic E-state index is 0.120. The van der Waals surface area contributed by atoms with Crippen LogP contribution in [0.5, 0.6) is 0 Å². The fraction of sp³-hybridized carbons (Fsp3) is 0.312. The first-order valence-electron chi connectivity index (χ1n) is 7.89. The summed E-state index contributed by atoms with van der Waals surface area (Å²) in [6.07, 6.45) is 4.67. The van der Waals surface area contributed by atoms with Crippen LogP contribution in [-0.4, -0.2) is 26.1 Å². The highest BCUT2D eigenvalue weighted by molar-refractivity contribution is 7.92. The van der Waals surface area contributed by atoms with Crippen LogP contribution in [0.25, 0.3) is 0 Å². The summed E-state index contributed by atoms with van der Waals surface area (Å²) in [6.45, 7) is 1.70. The molecule has 0 aromatic heterocycles. The lowest BCUT2D eigenvalue weighted by Gasteiger charge is -2.17. The van der Waals surface area contributed by atoms with Gasteiger partial charge < -0.3 is 5.32 Å². The molecule has 0 saturated carbocycles. The molecule has 10 heteroatoms. The second kappa shape index (κ2) is 7.16. The van der Waals surface area contributed by atoms with Crippen molar-refractivity contribution in [3.8, 4) is 0 Å². The van der Waals surface area contributed by atoms with Gasteiger partial charge in [-0.1, -0.05) is 24.6 Å². The van der Waals surface area contributed by atoms with Gasteiger partial charge >= 0.3 is 0 Å². The van der Waals surface area contributed by atoms with Crippen molar-refractivity contribution in [3.05, 3.63) is 52.6 Å². The van der Waals surface area contributed by atoms with Crippen LogP contribution in [0.3, 0.4) is 0 Å². The van der Waals surface area contributed by atoms with E-state index in [4.69, 9.17) is 11.6 Å². The average molecular weight is 399 g/mol. The number of carbonyl (C=O) groups excluding carboxylic acids is 1. The summed E-state index contributed by atoms with van der Waals surface area (Å²) in [6, 6.07) is 1.94. The molecule has 0 saturated heterocycles. The highest BCUT2D eigenvalue weighted by atomic mass is 35.5. The molecule has 0 aliphatic carbocycles. The highest BCUT2D eigenvalue weighted by Gasteiger charge is 2.34. The molecule has 2 heterocycles. The number of hydrogen-bond donors (Lipinski definition) is 2. The van der Waals surface area contributed by atoms with Gasteiger partial charge in [-0.3, -0.25) is 9.52 Å². The molecule has 2 aliphatic heterocycles. The standard InChI is InChI=1S/C16H16ClFN4O3S/c1-2-5-26(24,25)22-13-7-9(18)6-11(14(13)17)15(23)12-8-19-16-10(12)3-4-20-21-16/h3-4,6-8,10,16,19,22H,2,5H2,1H3. The van der Waals surface area contributed by atoms with Crippen molar-refractivity contribution in [2.24, 2.45) is 16.1 Å². The van der Waals surface area contributed by atoms with Gasteiger partial charge in [-0.2, -0.15) is 10.2 Å². The van der Waals surface area contributed by atoms with E-state index in [1.54, 1.807) is 13.0 Å². The molecule has 0 fully saturated rings. The second-order valence-electron chi connectivity index (χ2n) is 5.87. The molecule has 0 spiro atoms. The molecule has 2 N–H and O–H groups in total. The normalized spacial score (nSPS) is 21.1. The first kappa shape index (κ1) is 18.5. The van der Waals surface area contributed by atoms with Crippen LogP contribution >= 0.6 is 11.6 Å². The number of nitrogens with zero attached hydrogens (tertiary/aromatic N) is 2. The van der Waals surface area contributed by atoms with E-state index in [2.05, 4.69) is 20.3 Å². The smallest absolute Gasteiger partial charge is 0.232 e. The zero-order chi connectivity index (χ0) is 18.9. The summed E-state index contributed by atoms with van der Waals surface area (Å²) in [5.74, 6) is -1.77. The van der Waals surface area contributed by atoms with E-state index in [1.165, 1.54) is 12.4 Å². The minimum atomic E-state index is -3.68. The van der Waals surface area contributed by atoms with Crippen LogP contribution in [0.15, 0.2) is 46.4 Å². The predicted molar refractivity (Wildman–Crippen MR) is 95.9 cm³/mol. The lowest BCUT2D eigenvalue weighted by molar-refractivity contribution is 0.102. The molecule has 2 unspecified atom stereocenters. The lowest BCUT2D eigenvalue weighted by Crippen LogP contribution is -2.26. The fourth-order valence-electron chi connectivity index (χ4n) is 2.79. The molecule has 7 nitrogen and oxygen atoms in total. The third kappa shape index (κ3) is 3.63. The van der Waals surface area contributed by atoms with Crippen molar-refractivity contribution < 1.29 is 17.6 Å². The molecule has 0 radical (unpaired) electrons. The number of hydrogen-bond acceptors (Lipinski definition) is 6. The van der Waals surface area contributed by atoms with Gasteiger partial charge in [0.05, 0.1) is 22.4 Å². The van der Waals surface area contributed by atoms with E-state index in [1.807, 2.05) is 0 Å². The maximum atomic E-state index is 14.0. The summed E-state index contributed by atoms with van der Waals surface area (Å²) in [7, 11) is -3.68. The van der Waals surface area contributed by atoms with E-state index in [0.717, 1.165) is 12.1 Å². The Balaban J connectivity index is 1.94. The van der Waals surface area contributed by atoms with Crippen molar-refractivity contribution in [3.63, 3.8) is 0 Å². The topological polar surface area (TPSA) is 100.0 Å². The molecule has 0 amide bonds. The van der Waals surface area contributed by atoms with E-state index < -0.39 is 27.8 Å². The highest BCUT2D eigenvalue weighted by Crippen LogP contribution is 2.34. The van der Waals surface area contributed by atoms with Crippen LogP contribution in [0.2, 0.25) is 5.02 Å². The predicted octanol–water partition coefficient (Wildman–Crippen LogP) is 3.22. The van der Waals surface area contributed by atoms with Gasteiger partial charge in [-0.05, 0) is 18.6 Å². The number of sulfonamides is 1. The van der Waals surface area contributed by atoms with Gasteiger partial charge in [0.25, 0.3) is 0 Å². The van der Waals surface area contributed by atoms with E-state index in [-0.39, 0.29) is 27.9 Å². The number of azo groups is 1. The Hall–Kier alpha value is -2.26. The van der Waals surface area contributed by atoms with Crippen molar-refractivity contribution in [2.75, 3.05) is 10.5 Å². The van der Waals surface area contributed by atoms with Crippen LogP contribution in [0.4, 0.5) is 10.1 Å². The first-order chi connectivity index (χ1) is 12.3. The Morgan fingerprint density at radius 3 is 2.92 bits per heavy atom. The Labute approximate surface area is 155 Å². The van der Waals surface area contributed by atoms with Crippen LogP contribution in [0, 0.1) is 11.7 Å². The third-order valence-corrected chi connectivity index (χ3v) is 5.83. The molecule has 0 bridgehead atoms. The number of Topliss-reactive ketones (excluding diaryl/α,β-unsaturated/α-hetero) is 1. The largest absolute Gasteiger partial charge is 0.367 e. The Kier molecular flexibility index (Phi) is 5.10. The number of ketones is 1. The van der Waals surface area contributed by atoms with Crippen LogP contribution in [-0.2, 0) is 10.0 Å². The Morgan fingerprint density at radius 2 is 2.19 bits per heavy atom. The minimum Gasteiger partial charge on any atom is -0.367 e. The Morgan fingerprint density at radius 1 is 1.42 bits per heavy atom. The maximum absolute atomic E-state index is 14.0. The maximum Gasteiger partial charge on any atom is 0.232 e. The molecular formula is C16H16ClFN4O3S. The van der Waals surface area contributed by atoms with Crippen molar-refractivity contribution in [1.29, 1.82) is 0 Å². The monoisotopic (exact) mass is 398 g/mol. The lowest BCUT2D eigenvalue weighted by atomic mass is 9.92. The SMILES string of the molecule is CCCS(=O)(=O)Nc1cc(F)cc(C(=O)C2=CNC3N=NC=CC23)c1Cl. The van der Waals surface area contributed by atoms with E-state index in [9.17, 15) is 17.6 Å². The van der Waals surface area contributed by atoms with E-state index in [0.29, 0.717) is 12.0 Å². The van der Waals surface area contributed by atoms with Gasteiger partial charge in [0.2, 0.25) is 10.0 Å². The number of fused-ring (bicyclic) bond motifs is 1. The number of benzene rings is 1. The van der Waals surface area contributed by atoms with Crippen LogP contribution in [0.1, 0.15) is 23.7 Å². The van der Waals surface area contributed by atoms with Gasteiger partial charge in [0.15, 0.2) is 5.78 Å².